The monoisotopic (exact) mass is 200 g/mol. The Balaban J connectivity index is 2.12. The topological polar surface area (TPSA) is 24.5 Å². The van der Waals surface area contributed by atoms with Crippen molar-refractivity contribution in [2.45, 2.75) is 26.4 Å². The number of nitrogens with zero attached hydrogens (tertiary/aromatic N) is 1. The summed E-state index contributed by atoms with van der Waals surface area (Å²) in [6.45, 7) is 10.2. The van der Waals surface area contributed by atoms with Gasteiger partial charge in [-0.1, -0.05) is 13.8 Å². The molecule has 14 heavy (non-hydrogen) atoms. The second-order valence-electron chi connectivity index (χ2n) is 4.32. The van der Waals surface area contributed by atoms with E-state index in [2.05, 4.69) is 24.1 Å². The molecule has 1 N–H and O–H groups in total. The largest absolute Gasteiger partial charge is 0.380 e. The zero-order valence-corrected chi connectivity index (χ0v) is 9.75. The number of methoxy groups -OCH3 is 1. The first-order valence-corrected chi connectivity index (χ1v) is 5.72. The van der Waals surface area contributed by atoms with Gasteiger partial charge in [-0.15, -0.1) is 0 Å². The minimum atomic E-state index is 0.473. The normalized spacial score (nSPS) is 25.5. The molecule has 2 atom stereocenters. The average Bonchev–Trinajstić information content (AvgIpc) is 2.62. The van der Waals surface area contributed by atoms with Crippen LogP contribution in [0.15, 0.2) is 0 Å². The number of hydrogen-bond acceptors (Lipinski definition) is 3. The first kappa shape index (κ1) is 12.0. The maximum absolute atomic E-state index is 5.35. The fourth-order valence-corrected chi connectivity index (χ4v) is 2.05. The number of rotatable bonds is 6. The van der Waals surface area contributed by atoms with E-state index < -0.39 is 0 Å². The quantitative estimate of drug-likeness (QED) is 0.691. The van der Waals surface area contributed by atoms with Gasteiger partial charge in [-0.05, 0) is 25.4 Å². The summed E-state index contributed by atoms with van der Waals surface area (Å²) in [5.74, 6) is 0.741. The minimum absolute atomic E-state index is 0.473. The van der Waals surface area contributed by atoms with Crippen molar-refractivity contribution in [1.82, 2.24) is 10.2 Å². The Hall–Kier alpha value is -0.120. The molecular formula is C11H24N2O. The van der Waals surface area contributed by atoms with Gasteiger partial charge in [-0.3, -0.25) is 0 Å². The van der Waals surface area contributed by atoms with E-state index in [1.54, 1.807) is 0 Å². The van der Waals surface area contributed by atoms with Gasteiger partial charge in [0.15, 0.2) is 0 Å². The molecule has 0 saturated carbocycles. The third-order valence-corrected chi connectivity index (χ3v) is 2.88. The van der Waals surface area contributed by atoms with Crippen molar-refractivity contribution in [1.29, 1.82) is 0 Å². The summed E-state index contributed by atoms with van der Waals surface area (Å²) in [4.78, 5) is 2.51. The van der Waals surface area contributed by atoms with E-state index in [0.29, 0.717) is 6.10 Å². The van der Waals surface area contributed by atoms with E-state index in [4.69, 9.17) is 4.74 Å². The Morgan fingerprint density at radius 2 is 2.36 bits per heavy atom. The molecule has 0 aliphatic carbocycles. The predicted molar refractivity (Wildman–Crippen MR) is 59.6 cm³/mol. The zero-order valence-electron chi connectivity index (χ0n) is 9.75. The molecule has 2 unspecified atom stereocenters. The average molecular weight is 200 g/mol. The van der Waals surface area contributed by atoms with Gasteiger partial charge in [-0.2, -0.15) is 0 Å². The molecule has 0 aromatic heterocycles. The van der Waals surface area contributed by atoms with E-state index in [1.807, 2.05) is 7.11 Å². The lowest BCUT2D eigenvalue weighted by molar-refractivity contribution is 0.106. The predicted octanol–water partition coefficient (Wildman–Crippen LogP) is 0.953. The van der Waals surface area contributed by atoms with Gasteiger partial charge in [0.25, 0.3) is 0 Å². The maximum atomic E-state index is 5.35. The van der Waals surface area contributed by atoms with Crippen LogP contribution in [0.2, 0.25) is 0 Å². The van der Waals surface area contributed by atoms with Crippen LogP contribution in [0.3, 0.4) is 0 Å². The van der Waals surface area contributed by atoms with Crippen LogP contribution in [0, 0.1) is 5.92 Å². The molecule has 0 radical (unpaired) electrons. The summed E-state index contributed by atoms with van der Waals surface area (Å²) >= 11 is 0. The van der Waals surface area contributed by atoms with Gasteiger partial charge < -0.3 is 15.0 Å². The lowest BCUT2D eigenvalue weighted by atomic mass is 10.1. The molecule has 84 valence electrons. The van der Waals surface area contributed by atoms with Crippen molar-refractivity contribution >= 4 is 0 Å². The molecule has 0 aromatic carbocycles. The highest BCUT2D eigenvalue weighted by Gasteiger charge is 2.22. The molecule has 1 aliphatic rings. The third-order valence-electron chi connectivity index (χ3n) is 2.88. The van der Waals surface area contributed by atoms with Crippen molar-refractivity contribution in [3.05, 3.63) is 0 Å². The standard InChI is InChI=1S/C11H24N2O/c1-4-12-7-10(2)8-13-6-5-11(9-13)14-3/h10-12H,4-9H2,1-3H3. The molecule has 1 heterocycles. The van der Waals surface area contributed by atoms with Gasteiger partial charge in [0.1, 0.15) is 0 Å². The van der Waals surface area contributed by atoms with Crippen LogP contribution in [-0.2, 0) is 4.74 Å². The Bertz CT molecular complexity index is 152. The maximum Gasteiger partial charge on any atom is 0.0710 e. The first-order valence-electron chi connectivity index (χ1n) is 5.72. The van der Waals surface area contributed by atoms with Crippen LogP contribution in [0.25, 0.3) is 0 Å². The lowest BCUT2D eigenvalue weighted by Crippen LogP contribution is -2.32. The molecule has 0 amide bonds. The van der Waals surface area contributed by atoms with Crippen LogP contribution >= 0.6 is 0 Å². The number of ether oxygens (including phenoxy) is 1. The molecule has 0 bridgehead atoms. The molecule has 1 aliphatic heterocycles. The molecular weight excluding hydrogens is 176 g/mol. The SMILES string of the molecule is CCNCC(C)CN1CCC(OC)C1. The number of nitrogens with one attached hydrogen (secondary N) is 1. The van der Waals surface area contributed by atoms with E-state index in [0.717, 1.165) is 25.6 Å². The molecule has 1 saturated heterocycles. The minimum Gasteiger partial charge on any atom is -0.380 e. The van der Waals surface area contributed by atoms with E-state index >= 15 is 0 Å². The van der Waals surface area contributed by atoms with Gasteiger partial charge in [-0.25, -0.2) is 0 Å². The smallest absolute Gasteiger partial charge is 0.0710 e. The zero-order chi connectivity index (χ0) is 10.4. The molecule has 1 rings (SSSR count). The fraction of sp³-hybridized carbons (Fsp3) is 1.00. The molecule has 0 aromatic rings. The lowest BCUT2D eigenvalue weighted by Gasteiger charge is -2.20. The van der Waals surface area contributed by atoms with E-state index in [-0.39, 0.29) is 0 Å². The van der Waals surface area contributed by atoms with Crippen LogP contribution in [0.1, 0.15) is 20.3 Å². The highest BCUT2D eigenvalue weighted by molar-refractivity contribution is 4.77. The molecule has 0 spiro atoms. The Morgan fingerprint density at radius 3 is 2.93 bits per heavy atom. The van der Waals surface area contributed by atoms with E-state index in [1.165, 1.54) is 19.5 Å². The second kappa shape index (κ2) is 6.38. The van der Waals surface area contributed by atoms with Crippen molar-refractivity contribution in [2.24, 2.45) is 5.92 Å². The van der Waals surface area contributed by atoms with Gasteiger partial charge >= 0.3 is 0 Å². The summed E-state index contributed by atoms with van der Waals surface area (Å²) in [6, 6.07) is 0. The summed E-state index contributed by atoms with van der Waals surface area (Å²) in [7, 11) is 1.82. The Kier molecular flexibility index (Phi) is 5.45. The summed E-state index contributed by atoms with van der Waals surface area (Å²) in [5, 5.41) is 3.39. The summed E-state index contributed by atoms with van der Waals surface area (Å²) in [6.07, 6.45) is 1.67. The van der Waals surface area contributed by atoms with Crippen LogP contribution in [-0.4, -0.2) is 50.8 Å². The molecule has 1 fully saturated rings. The van der Waals surface area contributed by atoms with Crippen molar-refractivity contribution in [2.75, 3.05) is 39.8 Å². The number of hydrogen-bond donors (Lipinski definition) is 1. The fourth-order valence-electron chi connectivity index (χ4n) is 2.05. The van der Waals surface area contributed by atoms with Crippen molar-refractivity contribution < 1.29 is 4.74 Å². The Morgan fingerprint density at radius 1 is 1.57 bits per heavy atom. The molecule has 3 nitrogen and oxygen atoms in total. The highest BCUT2D eigenvalue weighted by atomic mass is 16.5. The second-order valence-corrected chi connectivity index (χ2v) is 4.32. The summed E-state index contributed by atoms with van der Waals surface area (Å²) < 4.78 is 5.35. The Labute approximate surface area is 87.8 Å². The van der Waals surface area contributed by atoms with Crippen molar-refractivity contribution in [3.8, 4) is 0 Å². The number of likely N-dealkylation sites (tertiary alicyclic amines) is 1. The van der Waals surface area contributed by atoms with Crippen molar-refractivity contribution in [3.63, 3.8) is 0 Å². The van der Waals surface area contributed by atoms with Gasteiger partial charge in [0.05, 0.1) is 6.10 Å². The van der Waals surface area contributed by atoms with Gasteiger partial charge in [0, 0.05) is 26.7 Å². The van der Waals surface area contributed by atoms with Crippen LogP contribution in [0.4, 0.5) is 0 Å². The van der Waals surface area contributed by atoms with Gasteiger partial charge in [0.2, 0.25) is 0 Å². The summed E-state index contributed by atoms with van der Waals surface area (Å²) in [5.41, 5.74) is 0. The van der Waals surface area contributed by atoms with Crippen LogP contribution in [0.5, 0.6) is 0 Å². The van der Waals surface area contributed by atoms with E-state index in [9.17, 15) is 0 Å². The molecule has 3 heteroatoms. The van der Waals surface area contributed by atoms with Crippen LogP contribution < -0.4 is 5.32 Å². The third kappa shape index (κ3) is 3.95. The highest BCUT2D eigenvalue weighted by Crippen LogP contribution is 2.13. The first-order chi connectivity index (χ1) is 6.76.